The Labute approximate surface area is 71.6 Å². The molecule has 0 saturated carbocycles. The van der Waals surface area contributed by atoms with Crippen molar-refractivity contribution in [2.24, 2.45) is 12.8 Å². The summed E-state index contributed by atoms with van der Waals surface area (Å²) in [5, 5.41) is 7.09. The fourth-order valence-corrected chi connectivity index (χ4v) is 0.683. The summed E-state index contributed by atoms with van der Waals surface area (Å²) in [7, 11) is 3.79. The first-order chi connectivity index (χ1) is 5.65. The van der Waals surface area contributed by atoms with E-state index in [0.717, 1.165) is 5.82 Å². The van der Waals surface area contributed by atoms with Crippen molar-refractivity contribution in [3.8, 4) is 0 Å². The SMILES string of the molecule is CNc1cc(C)n(C)n1.NC=O. The van der Waals surface area contributed by atoms with E-state index in [1.54, 1.807) is 0 Å². The van der Waals surface area contributed by atoms with Gasteiger partial charge in [0.05, 0.1) is 0 Å². The molecule has 68 valence electrons. The van der Waals surface area contributed by atoms with Crippen LogP contribution in [0.3, 0.4) is 0 Å². The lowest BCUT2D eigenvalue weighted by Crippen LogP contribution is -1.93. The molecule has 1 amide bonds. The molecule has 12 heavy (non-hydrogen) atoms. The summed E-state index contributed by atoms with van der Waals surface area (Å²) >= 11 is 0. The van der Waals surface area contributed by atoms with E-state index in [9.17, 15) is 0 Å². The predicted octanol–water partition coefficient (Wildman–Crippen LogP) is -0.128. The van der Waals surface area contributed by atoms with E-state index in [1.165, 1.54) is 5.69 Å². The zero-order valence-electron chi connectivity index (χ0n) is 7.53. The monoisotopic (exact) mass is 170 g/mol. The molecule has 0 unspecified atom stereocenters. The fraction of sp³-hybridized carbons (Fsp3) is 0.429. The van der Waals surface area contributed by atoms with Crippen LogP contribution in [-0.2, 0) is 11.8 Å². The lowest BCUT2D eigenvalue weighted by Gasteiger charge is -1.89. The maximum absolute atomic E-state index is 8.58. The van der Waals surface area contributed by atoms with Crippen LogP contribution in [0.25, 0.3) is 0 Å². The molecule has 0 aliphatic heterocycles. The van der Waals surface area contributed by atoms with Gasteiger partial charge in [0.15, 0.2) is 0 Å². The second-order valence-corrected chi connectivity index (χ2v) is 2.18. The third-order valence-corrected chi connectivity index (χ3v) is 1.37. The molecule has 0 saturated heterocycles. The summed E-state index contributed by atoms with van der Waals surface area (Å²) in [6.45, 7) is 2.02. The molecule has 0 aromatic carbocycles. The first-order valence-corrected chi connectivity index (χ1v) is 3.49. The maximum Gasteiger partial charge on any atom is 0.204 e. The molecular formula is C7H14N4O. The van der Waals surface area contributed by atoms with E-state index in [2.05, 4.69) is 16.1 Å². The van der Waals surface area contributed by atoms with Crippen LogP contribution in [0.4, 0.5) is 5.82 Å². The number of nitrogens with zero attached hydrogens (tertiary/aromatic N) is 2. The minimum Gasteiger partial charge on any atom is -0.372 e. The van der Waals surface area contributed by atoms with Gasteiger partial charge in [0.2, 0.25) is 6.41 Å². The van der Waals surface area contributed by atoms with Gasteiger partial charge in [0, 0.05) is 25.9 Å². The van der Waals surface area contributed by atoms with Crippen molar-refractivity contribution in [1.82, 2.24) is 9.78 Å². The van der Waals surface area contributed by atoms with E-state index in [4.69, 9.17) is 4.79 Å². The minimum absolute atomic E-state index is 0.250. The van der Waals surface area contributed by atoms with Gasteiger partial charge >= 0.3 is 0 Å². The molecule has 0 fully saturated rings. The molecule has 5 heteroatoms. The largest absolute Gasteiger partial charge is 0.372 e. The van der Waals surface area contributed by atoms with Gasteiger partial charge in [-0.25, -0.2) is 0 Å². The number of amides is 1. The van der Waals surface area contributed by atoms with E-state index in [0.29, 0.717) is 0 Å². The van der Waals surface area contributed by atoms with Crippen molar-refractivity contribution in [3.05, 3.63) is 11.8 Å². The Hall–Kier alpha value is -1.52. The average molecular weight is 170 g/mol. The van der Waals surface area contributed by atoms with Crippen LogP contribution in [0.1, 0.15) is 5.69 Å². The van der Waals surface area contributed by atoms with E-state index in [-0.39, 0.29) is 6.41 Å². The summed E-state index contributed by atoms with van der Waals surface area (Å²) in [5.74, 6) is 0.926. The second-order valence-electron chi connectivity index (χ2n) is 2.18. The van der Waals surface area contributed by atoms with Gasteiger partial charge in [-0.05, 0) is 6.92 Å². The Morgan fingerprint density at radius 3 is 2.42 bits per heavy atom. The third kappa shape index (κ3) is 3.05. The summed E-state index contributed by atoms with van der Waals surface area (Å²) in [5.41, 5.74) is 5.33. The molecule has 1 rings (SSSR count). The first-order valence-electron chi connectivity index (χ1n) is 3.49. The molecule has 0 spiro atoms. The molecule has 0 bridgehead atoms. The predicted molar refractivity (Wildman–Crippen MR) is 47.7 cm³/mol. The van der Waals surface area contributed by atoms with Gasteiger partial charge in [0.1, 0.15) is 5.82 Å². The summed E-state index contributed by atoms with van der Waals surface area (Å²) in [6, 6.07) is 2.00. The smallest absolute Gasteiger partial charge is 0.204 e. The number of rotatable bonds is 1. The van der Waals surface area contributed by atoms with Crippen LogP contribution in [0, 0.1) is 6.92 Å². The second kappa shape index (κ2) is 5.17. The first kappa shape index (κ1) is 10.5. The number of nitrogens with one attached hydrogen (secondary N) is 1. The fourth-order valence-electron chi connectivity index (χ4n) is 0.683. The van der Waals surface area contributed by atoms with Crippen molar-refractivity contribution in [2.75, 3.05) is 12.4 Å². The van der Waals surface area contributed by atoms with Crippen LogP contribution >= 0.6 is 0 Å². The van der Waals surface area contributed by atoms with E-state index in [1.807, 2.05) is 31.8 Å². The van der Waals surface area contributed by atoms with E-state index < -0.39 is 0 Å². The number of aryl methyl sites for hydroxylation is 2. The average Bonchev–Trinajstić information content (AvgIpc) is 2.33. The Kier molecular flexibility index (Phi) is 4.52. The number of hydrogen-bond acceptors (Lipinski definition) is 3. The molecule has 3 N–H and O–H groups in total. The van der Waals surface area contributed by atoms with Crippen molar-refractivity contribution in [2.45, 2.75) is 6.92 Å². The van der Waals surface area contributed by atoms with Crippen molar-refractivity contribution < 1.29 is 4.79 Å². The van der Waals surface area contributed by atoms with Crippen LogP contribution in [0.15, 0.2) is 6.07 Å². The zero-order chi connectivity index (χ0) is 9.56. The number of primary amides is 1. The number of aromatic nitrogens is 2. The minimum atomic E-state index is 0.250. The normalized spacial score (nSPS) is 8.25. The highest BCUT2D eigenvalue weighted by atomic mass is 16.1. The number of carbonyl (C=O) groups is 1. The van der Waals surface area contributed by atoms with Crippen molar-refractivity contribution in [3.63, 3.8) is 0 Å². The van der Waals surface area contributed by atoms with Crippen molar-refractivity contribution in [1.29, 1.82) is 0 Å². The topological polar surface area (TPSA) is 72.9 Å². The standard InChI is InChI=1S/C6H11N3.CH3NO/c1-5-4-6(7-2)8-9(5)3;2-1-3/h4H,1-3H3,(H,7,8);1H,(H2,2,3). The van der Waals surface area contributed by atoms with Crippen LogP contribution in [0.2, 0.25) is 0 Å². The van der Waals surface area contributed by atoms with E-state index >= 15 is 0 Å². The molecule has 0 radical (unpaired) electrons. The maximum atomic E-state index is 8.58. The van der Waals surface area contributed by atoms with Crippen LogP contribution < -0.4 is 11.1 Å². The van der Waals surface area contributed by atoms with Gasteiger partial charge < -0.3 is 11.1 Å². The summed E-state index contributed by atoms with van der Waals surface area (Å²) in [4.78, 5) is 8.58. The molecule has 0 aliphatic rings. The number of nitrogens with two attached hydrogens (primary N) is 1. The highest BCUT2D eigenvalue weighted by Gasteiger charge is 1.95. The lowest BCUT2D eigenvalue weighted by molar-refractivity contribution is -0.106. The molecule has 1 aromatic heterocycles. The Morgan fingerprint density at radius 1 is 1.75 bits per heavy atom. The molecule has 0 atom stereocenters. The van der Waals surface area contributed by atoms with Gasteiger partial charge in [-0.15, -0.1) is 0 Å². The third-order valence-electron chi connectivity index (χ3n) is 1.37. The zero-order valence-corrected chi connectivity index (χ0v) is 7.53. The Balaban J connectivity index is 0.000000354. The molecule has 1 heterocycles. The lowest BCUT2D eigenvalue weighted by atomic mass is 10.5. The molecule has 5 nitrogen and oxygen atoms in total. The molecular weight excluding hydrogens is 156 g/mol. The van der Waals surface area contributed by atoms with Gasteiger partial charge in [-0.3, -0.25) is 9.48 Å². The molecule has 1 aromatic rings. The molecule has 0 aliphatic carbocycles. The Morgan fingerprint density at radius 2 is 2.25 bits per heavy atom. The quantitative estimate of drug-likeness (QED) is 0.577. The van der Waals surface area contributed by atoms with Crippen LogP contribution in [0.5, 0.6) is 0 Å². The Bertz CT molecular complexity index is 224. The number of anilines is 1. The number of carbonyl (C=O) groups excluding carboxylic acids is 1. The van der Waals surface area contributed by atoms with Gasteiger partial charge in [-0.1, -0.05) is 0 Å². The van der Waals surface area contributed by atoms with Crippen LogP contribution in [-0.4, -0.2) is 23.2 Å². The number of hydrogen-bond donors (Lipinski definition) is 2. The van der Waals surface area contributed by atoms with Gasteiger partial charge in [-0.2, -0.15) is 5.10 Å². The summed E-state index contributed by atoms with van der Waals surface area (Å²) in [6.07, 6.45) is 0.250. The summed E-state index contributed by atoms with van der Waals surface area (Å²) < 4.78 is 1.84. The van der Waals surface area contributed by atoms with Gasteiger partial charge in [0.25, 0.3) is 0 Å². The highest BCUT2D eigenvalue weighted by molar-refractivity contribution is 5.42. The highest BCUT2D eigenvalue weighted by Crippen LogP contribution is 2.04. The van der Waals surface area contributed by atoms with Crippen molar-refractivity contribution >= 4 is 12.2 Å².